The maximum atomic E-state index is 5.93. The average molecular weight is 227 g/mol. The van der Waals surface area contributed by atoms with Crippen LogP contribution in [0.2, 0.25) is 0 Å². The fraction of sp³-hybridized carbons (Fsp3) is 0.167. The zero-order valence-electron chi connectivity index (χ0n) is 7.79. The Balaban J connectivity index is 2.56. The Hall–Kier alpha value is -0.720. The van der Waals surface area contributed by atoms with E-state index < -0.39 is 0 Å². The van der Waals surface area contributed by atoms with Gasteiger partial charge in [0.1, 0.15) is 0 Å². The van der Waals surface area contributed by atoms with E-state index in [0.29, 0.717) is 5.88 Å². The molecule has 0 heterocycles. The molecule has 0 spiro atoms. The topological polar surface area (TPSA) is 0 Å². The van der Waals surface area contributed by atoms with Crippen molar-refractivity contribution in [1.82, 2.24) is 0 Å². The van der Waals surface area contributed by atoms with Crippen molar-refractivity contribution in [2.45, 2.75) is 6.42 Å². The molecule has 1 rings (SSSR count). The highest BCUT2D eigenvalue weighted by Crippen LogP contribution is 2.09. The summed E-state index contributed by atoms with van der Waals surface area (Å²) in [5.41, 5.74) is 1.14. The van der Waals surface area contributed by atoms with Gasteiger partial charge in [-0.1, -0.05) is 54.1 Å². The summed E-state index contributed by atoms with van der Waals surface area (Å²) < 4.78 is 0. The molecule has 0 saturated carbocycles. The van der Waals surface area contributed by atoms with E-state index in [2.05, 4.69) is 0 Å². The van der Waals surface area contributed by atoms with Gasteiger partial charge in [-0.2, -0.15) is 0 Å². The van der Waals surface area contributed by atoms with Crippen LogP contribution in [0.4, 0.5) is 0 Å². The molecule has 0 radical (unpaired) electrons. The molecular weight excluding hydrogens is 215 g/mol. The van der Waals surface area contributed by atoms with Crippen molar-refractivity contribution >= 4 is 29.3 Å². The van der Waals surface area contributed by atoms with E-state index in [-0.39, 0.29) is 0 Å². The van der Waals surface area contributed by atoms with Crippen molar-refractivity contribution in [1.29, 1.82) is 0 Å². The maximum absolute atomic E-state index is 5.93. The molecule has 0 N–H and O–H groups in total. The van der Waals surface area contributed by atoms with Crippen LogP contribution in [-0.4, -0.2) is 5.88 Å². The molecule has 0 aliphatic carbocycles. The Bertz CT molecular complexity index is 312. The van der Waals surface area contributed by atoms with Gasteiger partial charge in [-0.3, -0.25) is 0 Å². The molecule has 74 valence electrons. The van der Waals surface area contributed by atoms with E-state index in [9.17, 15) is 0 Å². The zero-order valence-corrected chi connectivity index (χ0v) is 9.30. The quantitative estimate of drug-likeness (QED) is 0.526. The van der Waals surface area contributed by atoms with Crippen LogP contribution in [0.25, 0.3) is 6.08 Å². The van der Waals surface area contributed by atoms with Gasteiger partial charge in [-0.25, -0.2) is 0 Å². The number of alkyl halides is 1. The van der Waals surface area contributed by atoms with Crippen LogP contribution in [0.3, 0.4) is 0 Å². The SMILES string of the molecule is ClCC/C=C(Cl)/C=C/c1ccccc1. The van der Waals surface area contributed by atoms with E-state index >= 15 is 0 Å². The van der Waals surface area contributed by atoms with Crippen molar-refractivity contribution in [2.75, 3.05) is 5.88 Å². The second-order valence-corrected chi connectivity index (χ2v) is 3.63. The second-order valence-electron chi connectivity index (χ2n) is 2.81. The Labute approximate surface area is 94.8 Å². The fourth-order valence-corrected chi connectivity index (χ4v) is 1.28. The van der Waals surface area contributed by atoms with E-state index in [1.165, 1.54) is 0 Å². The highest BCUT2D eigenvalue weighted by atomic mass is 35.5. The molecule has 0 unspecified atom stereocenters. The zero-order chi connectivity index (χ0) is 10.2. The molecule has 2 heteroatoms. The summed E-state index contributed by atoms with van der Waals surface area (Å²) in [5.74, 6) is 0.607. The van der Waals surface area contributed by atoms with E-state index in [4.69, 9.17) is 23.2 Å². The van der Waals surface area contributed by atoms with E-state index in [1.807, 2.05) is 48.6 Å². The van der Waals surface area contributed by atoms with Gasteiger partial charge in [0, 0.05) is 10.9 Å². The Morgan fingerprint density at radius 1 is 1.21 bits per heavy atom. The van der Waals surface area contributed by atoms with Crippen LogP contribution >= 0.6 is 23.2 Å². The first-order valence-corrected chi connectivity index (χ1v) is 5.39. The largest absolute Gasteiger partial charge is 0.126 e. The molecule has 0 fully saturated rings. The number of hydrogen-bond acceptors (Lipinski definition) is 0. The maximum Gasteiger partial charge on any atom is 0.0366 e. The van der Waals surface area contributed by atoms with Gasteiger partial charge in [0.2, 0.25) is 0 Å². The van der Waals surface area contributed by atoms with Gasteiger partial charge < -0.3 is 0 Å². The highest BCUT2D eigenvalue weighted by molar-refractivity contribution is 6.31. The minimum Gasteiger partial charge on any atom is -0.126 e. The molecule has 0 aliphatic rings. The summed E-state index contributed by atoms with van der Waals surface area (Å²) in [4.78, 5) is 0. The van der Waals surface area contributed by atoms with Crippen LogP contribution in [0, 0.1) is 0 Å². The number of hydrogen-bond donors (Lipinski definition) is 0. The third-order valence-corrected chi connectivity index (χ3v) is 2.18. The second kappa shape index (κ2) is 6.69. The van der Waals surface area contributed by atoms with Crippen LogP contribution in [0.15, 0.2) is 47.5 Å². The lowest BCUT2D eigenvalue weighted by Crippen LogP contribution is -1.71. The van der Waals surface area contributed by atoms with E-state index in [0.717, 1.165) is 17.0 Å². The number of allylic oxidation sites excluding steroid dienone is 3. The lowest BCUT2D eigenvalue weighted by molar-refractivity contribution is 1.23. The van der Waals surface area contributed by atoms with Crippen LogP contribution in [0.1, 0.15) is 12.0 Å². The first kappa shape index (κ1) is 11.4. The predicted molar refractivity (Wildman–Crippen MR) is 64.7 cm³/mol. The molecule has 0 saturated heterocycles. The van der Waals surface area contributed by atoms with Gasteiger partial charge in [0.25, 0.3) is 0 Å². The number of halogens is 2. The molecule has 0 atom stereocenters. The Morgan fingerprint density at radius 3 is 2.57 bits per heavy atom. The molecule has 0 aliphatic heterocycles. The van der Waals surface area contributed by atoms with Gasteiger partial charge in [-0.15, -0.1) is 11.6 Å². The smallest absolute Gasteiger partial charge is 0.0366 e. The minimum atomic E-state index is 0.607. The van der Waals surface area contributed by atoms with E-state index in [1.54, 1.807) is 0 Å². The first-order chi connectivity index (χ1) is 6.83. The number of rotatable bonds is 4. The van der Waals surface area contributed by atoms with Crippen LogP contribution < -0.4 is 0 Å². The van der Waals surface area contributed by atoms with Crippen LogP contribution in [0.5, 0.6) is 0 Å². The van der Waals surface area contributed by atoms with Gasteiger partial charge in [0.05, 0.1) is 0 Å². The van der Waals surface area contributed by atoms with Gasteiger partial charge >= 0.3 is 0 Å². The molecule has 0 aromatic heterocycles. The third-order valence-electron chi connectivity index (χ3n) is 1.68. The van der Waals surface area contributed by atoms with Gasteiger partial charge in [0.15, 0.2) is 0 Å². The summed E-state index contributed by atoms with van der Waals surface area (Å²) in [7, 11) is 0. The van der Waals surface area contributed by atoms with Crippen molar-refractivity contribution in [3.8, 4) is 0 Å². The molecular formula is C12H12Cl2. The molecule has 0 nitrogen and oxygen atoms in total. The van der Waals surface area contributed by atoms with Gasteiger partial charge in [-0.05, 0) is 18.1 Å². The average Bonchev–Trinajstić information content (AvgIpc) is 2.25. The summed E-state index contributed by atoms with van der Waals surface area (Å²) in [6, 6.07) is 10.0. The minimum absolute atomic E-state index is 0.607. The third kappa shape index (κ3) is 4.50. The standard InChI is InChI=1S/C12H12Cl2/c13-10-4-7-12(14)9-8-11-5-2-1-3-6-11/h1-3,5-9H,4,10H2/b9-8+,12-7-. The monoisotopic (exact) mass is 226 g/mol. The molecule has 0 amide bonds. The highest BCUT2D eigenvalue weighted by Gasteiger charge is 1.86. The molecule has 1 aromatic rings. The summed E-state index contributed by atoms with van der Waals surface area (Å²) in [6.45, 7) is 0. The molecule has 14 heavy (non-hydrogen) atoms. The lowest BCUT2D eigenvalue weighted by atomic mass is 10.2. The summed E-state index contributed by atoms with van der Waals surface area (Å²) in [6.07, 6.45) is 6.57. The fourth-order valence-electron chi connectivity index (χ4n) is 1.00. The lowest BCUT2D eigenvalue weighted by Gasteiger charge is -1.91. The summed E-state index contributed by atoms with van der Waals surface area (Å²) in [5, 5.41) is 0.731. The molecule has 0 bridgehead atoms. The Kier molecular flexibility index (Phi) is 5.43. The Morgan fingerprint density at radius 2 is 1.93 bits per heavy atom. The van der Waals surface area contributed by atoms with Crippen LogP contribution in [-0.2, 0) is 0 Å². The van der Waals surface area contributed by atoms with Crippen molar-refractivity contribution in [3.63, 3.8) is 0 Å². The van der Waals surface area contributed by atoms with Crippen molar-refractivity contribution in [3.05, 3.63) is 53.1 Å². The predicted octanol–water partition coefficient (Wildman–Crippen LogP) is 4.45. The van der Waals surface area contributed by atoms with Crippen molar-refractivity contribution in [2.24, 2.45) is 0 Å². The first-order valence-electron chi connectivity index (χ1n) is 4.47. The number of benzene rings is 1. The normalized spacial score (nSPS) is 12.3. The molecule has 1 aromatic carbocycles. The van der Waals surface area contributed by atoms with Crippen molar-refractivity contribution < 1.29 is 0 Å². The summed E-state index contributed by atoms with van der Waals surface area (Å²) >= 11 is 11.5.